The van der Waals surface area contributed by atoms with Gasteiger partial charge in [0.25, 0.3) is 0 Å². The van der Waals surface area contributed by atoms with E-state index < -0.39 is 0 Å². The van der Waals surface area contributed by atoms with E-state index in [1.807, 2.05) is 30.3 Å². The van der Waals surface area contributed by atoms with Crippen LogP contribution in [0.4, 0.5) is 5.69 Å². The number of ketones is 1. The number of para-hydroxylation sites is 1. The van der Waals surface area contributed by atoms with Crippen LogP contribution in [0.25, 0.3) is 0 Å². The summed E-state index contributed by atoms with van der Waals surface area (Å²) in [4.78, 5) is 16.3. The van der Waals surface area contributed by atoms with E-state index in [-0.39, 0.29) is 5.78 Å². The van der Waals surface area contributed by atoms with Crippen molar-refractivity contribution in [2.24, 2.45) is 0 Å². The second-order valence-corrected chi connectivity index (χ2v) is 3.76. The van der Waals surface area contributed by atoms with Crippen LogP contribution in [0.2, 0.25) is 0 Å². The highest BCUT2D eigenvalue weighted by Crippen LogP contribution is 2.25. The van der Waals surface area contributed by atoms with Crippen LogP contribution in [0, 0.1) is 0 Å². The molecule has 16 heavy (non-hydrogen) atoms. The zero-order valence-corrected chi connectivity index (χ0v) is 8.60. The van der Waals surface area contributed by atoms with Crippen LogP contribution in [0.15, 0.2) is 42.7 Å². The first kappa shape index (κ1) is 9.09. The number of hydrogen-bond acceptors (Lipinski definition) is 3. The van der Waals surface area contributed by atoms with E-state index >= 15 is 0 Å². The molecule has 1 aromatic carbocycles. The summed E-state index contributed by atoms with van der Waals surface area (Å²) in [6.45, 7) is 0.667. The summed E-state index contributed by atoms with van der Waals surface area (Å²) >= 11 is 0. The lowest BCUT2D eigenvalue weighted by molar-refractivity contribution is 0.103. The van der Waals surface area contributed by atoms with Crippen molar-refractivity contribution < 1.29 is 4.79 Å². The highest BCUT2D eigenvalue weighted by atomic mass is 16.1. The number of nitrogens with one attached hydrogen (secondary N) is 1. The zero-order chi connectivity index (χ0) is 11.0. The molecule has 0 atom stereocenters. The van der Waals surface area contributed by atoms with Crippen LogP contribution in [-0.4, -0.2) is 10.8 Å². The SMILES string of the molecule is O=C1c2cnccc2CNc2ccccc21. The van der Waals surface area contributed by atoms with Gasteiger partial charge in [-0.05, 0) is 23.8 Å². The molecule has 0 saturated carbocycles. The fourth-order valence-corrected chi connectivity index (χ4v) is 1.95. The fourth-order valence-electron chi connectivity index (χ4n) is 1.95. The Morgan fingerprint density at radius 2 is 2.00 bits per heavy atom. The van der Waals surface area contributed by atoms with Gasteiger partial charge < -0.3 is 5.32 Å². The van der Waals surface area contributed by atoms with Gasteiger partial charge in [0, 0.05) is 35.8 Å². The number of carbonyl (C=O) groups excluding carboxylic acids is 1. The summed E-state index contributed by atoms with van der Waals surface area (Å²) in [7, 11) is 0. The zero-order valence-electron chi connectivity index (χ0n) is 8.60. The minimum atomic E-state index is 0.0451. The van der Waals surface area contributed by atoms with E-state index in [4.69, 9.17) is 0 Å². The van der Waals surface area contributed by atoms with E-state index in [2.05, 4.69) is 10.3 Å². The molecule has 2 aromatic rings. The number of aromatic nitrogens is 1. The van der Waals surface area contributed by atoms with Gasteiger partial charge in [-0.15, -0.1) is 0 Å². The third-order valence-electron chi connectivity index (χ3n) is 2.80. The summed E-state index contributed by atoms with van der Waals surface area (Å²) in [6.07, 6.45) is 3.35. The van der Waals surface area contributed by atoms with E-state index in [1.165, 1.54) is 0 Å². The van der Waals surface area contributed by atoms with Gasteiger partial charge in [0.05, 0.1) is 0 Å². The molecule has 0 saturated heterocycles. The van der Waals surface area contributed by atoms with Gasteiger partial charge in [-0.25, -0.2) is 0 Å². The van der Waals surface area contributed by atoms with E-state index in [1.54, 1.807) is 12.4 Å². The fraction of sp³-hybridized carbons (Fsp3) is 0.0769. The second-order valence-electron chi connectivity index (χ2n) is 3.76. The predicted octanol–water partition coefficient (Wildman–Crippen LogP) is 2.24. The Balaban J connectivity index is 2.22. The number of rotatable bonds is 0. The van der Waals surface area contributed by atoms with Crippen molar-refractivity contribution in [3.8, 4) is 0 Å². The van der Waals surface area contributed by atoms with Crippen molar-refractivity contribution in [3.05, 3.63) is 59.4 Å². The normalized spacial score (nSPS) is 13.4. The topological polar surface area (TPSA) is 42.0 Å². The molecule has 0 amide bonds. The van der Waals surface area contributed by atoms with Crippen LogP contribution in [0.1, 0.15) is 21.5 Å². The highest BCUT2D eigenvalue weighted by molar-refractivity contribution is 6.13. The number of hydrogen-bond donors (Lipinski definition) is 1. The largest absolute Gasteiger partial charge is 0.380 e. The molecule has 0 aliphatic carbocycles. The molecule has 78 valence electrons. The van der Waals surface area contributed by atoms with Crippen molar-refractivity contribution in [2.75, 3.05) is 5.32 Å². The summed E-state index contributed by atoms with van der Waals surface area (Å²) in [6, 6.07) is 9.44. The van der Waals surface area contributed by atoms with Gasteiger partial charge >= 0.3 is 0 Å². The Bertz CT molecular complexity index is 514. The maximum atomic E-state index is 12.2. The first-order valence-corrected chi connectivity index (χ1v) is 5.17. The molecule has 2 heterocycles. The molecule has 3 heteroatoms. The van der Waals surface area contributed by atoms with Crippen molar-refractivity contribution >= 4 is 11.5 Å². The first-order valence-electron chi connectivity index (χ1n) is 5.17. The molecular formula is C13H10N2O. The number of nitrogens with zero attached hydrogens (tertiary/aromatic N) is 1. The minimum absolute atomic E-state index is 0.0451. The van der Waals surface area contributed by atoms with Crippen LogP contribution >= 0.6 is 0 Å². The Morgan fingerprint density at radius 3 is 2.94 bits per heavy atom. The molecule has 1 aromatic heterocycles. The maximum Gasteiger partial charge on any atom is 0.196 e. The van der Waals surface area contributed by atoms with E-state index in [0.29, 0.717) is 17.7 Å². The number of anilines is 1. The Kier molecular flexibility index (Phi) is 1.96. The van der Waals surface area contributed by atoms with Crippen molar-refractivity contribution in [2.45, 2.75) is 6.54 Å². The Morgan fingerprint density at radius 1 is 1.12 bits per heavy atom. The maximum absolute atomic E-state index is 12.2. The Labute approximate surface area is 93.1 Å². The van der Waals surface area contributed by atoms with Gasteiger partial charge in [-0.2, -0.15) is 0 Å². The first-order chi connectivity index (χ1) is 7.86. The van der Waals surface area contributed by atoms with Gasteiger partial charge in [0.2, 0.25) is 0 Å². The Hall–Kier alpha value is -2.16. The van der Waals surface area contributed by atoms with Gasteiger partial charge in [0.15, 0.2) is 5.78 Å². The quantitative estimate of drug-likeness (QED) is 0.725. The molecule has 3 nitrogen and oxygen atoms in total. The second kappa shape index (κ2) is 3.45. The molecule has 1 aliphatic heterocycles. The summed E-state index contributed by atoms with van der Waals surface area (Å²) in [5.74, 6) is 0.0451. The van der Waals surface area contributed by atoms with Crippen LogP contribution in [0.3, 0.4) is 0 Å². The van der Waals surface area contributed by atoms with Crippen LogP contribution in [0.5, 0.6) is 0 Å². The molecule has 1 aliphatic rings. The monoisotopic (exact) mass is 210 g/mol. The van der Waals surface area contributed by atoms with Crippen LogP contribution in [-0.2, 0) is 6.54 Å². The number of fused-ring (bicyclic) bond motifs is 2. The molecule has 3 rings (SSSR count). The molecule has 0 unspecified atom stereocenters. The summed E-state index contributed by atoms with van der Waals surface area (Å²) < 4.78 is 0. The molecular weight excluding hydrogens is 200 g/mol. The predicted molar refractivity (Wildman–Crippen MR) is 61.4 cm³/mol. The van der Waals surface area contributed by atoms with Gasteiger partial charge in [0.1, 0.15) is 0 Å². The summed E-state index contributed by atoms with van der Waals surface area (Å²) in [5.41, 5.74) is 3.30. The molecule has 0 fully saturated rings. The standard InChI is InChI=1S/C13H10N2O/c16-13-10-3-1-2-4-12(10)15-7-9-5-6-14-8-11(9)13/h1-6,8,15H,7H2. The lowest BCUT2D eigenvalue weighted by Crippen LogP contribution is -2.03. The minimum Gasteiger partial charge on any atom is -0.380 e. The smallest absolute Gasteiger partial charge is 0.196 e. The average molecular weight is 210 g/mol. The van der Waals surface area contributed by atoms with E-state index in [9.17, 15) is 4.79 Å². The van der Waals surface area contributed by atoms with Crippen molar-refractivity contribution in [1.29, 1.82) is 0 Å². The molecule has 0 spiro atoms. The van der Waals surface area contributed by atoms with Crippen molar-refractivity contribution in [1.82, 2.24) is 4.98 Å². The number of pyridine rings is 1. The van der Waals surface area contributed by atoms with Crippen molar-refractivity contribution in [3.63, 3.8) is 0 Å². The number of benzene rings is 1. The molecule has 1 N–H and O–H groups in total. The van der Waals surface area contributed by atoms with Gasteiger partial charge in [-0.1, -0.05) is 12.1 Å². The third kappa shape index (κ3) is 1.29. The van der Waals surface area contributed by atoms with E-state index in [0.717, 1.165) is 11.3 Å². The number of carbonyl (C=O) groups is 1. The molecule has 0 radical (unpaired) electrons. The molecule has 0 bridgehead atoms. The highest BCUT2D eigenvalue weighted by Gasteiger charge is 2.19. The summed E-state index contributed by atoms with van der Waals surface area (Å²) in [5, 5.41) is 3.26. The third-order valence-corrected chi connectivity index (χ3v) is 2.80. The lowest BCUT2D eigenvalue weighted by Gasteiger charge is -2.04. The average Bonchev–Trinajstić information content (AvgIpc) is 2.49. The lowest BCUT2D eigenvalue weighted by atomic mass is 10.0. The van der Waals surface area contributed by atoms with Gasteiger partial charge in [-0.3, -0.25) is 9.78 Å². The van der Waals surface area contributed by atoms with Crippen LogP contribution < -0.4 is 5.32 Å².